The summed E-state index contributed by atoms with van der Waals surface area (Å²) in [6.45, 7) is 2.02. The molecule has 2 aromatic carbocycles. The van der Waals surface area contributed by atoms with Gasteiger partial charge >= 0.3 is 0 Å². The van der Waals surface area contributed by atoms with E-state index >= 15 is 0 Å². The van der Waals surface area contributed by atoms with Crippen molar-refractivity contribution in [3.63, 3.8) is 0 Å². The molecule has 2 atom stereocenters. The van der Waals surface area contributed by atoms with Crippen molar-refractivity contribution < 1.29 is 4.79 Å². The highest BCUT2D eigenvalue weighted by Crippen LogP contribution is 2.09. The number of hydrogen-bond acceptors (Lipinski definition) is 2. The Morgan fingerprint density at radius 3 is 1.95 bits per heavy atom. The van der Waals surface area contributed by atoms with Gasteiger partial charge in [-0.1, -0.05) is 60.7 Å². The maximum atomic E-state index is 12.2. The van der Waals surface area contributed by atoms with Crippen molar-refractivity contribution in [1.82, 2.24) is 5.32 Å². The predicted octanol–water partition coefficient (Wildman–Crippen LogP) is 3.27. The van der Waals surface area contributed by atoms with Crippen molar-refractivity contribution in [2.24, 2.45) is 0 Å². The van der Waals surface area contributed by atoms with E-state index in [1.807, 2.05) is 55.5 Å². The molecule has 2 unspecified atom stereocenters. The van der Waals surface area contributed by atoms with Crippen molar-refractivity contribution in [3.05, 3.63) is 71.8 Å². The number of thiol groups is 1. The third-order valence-corrected chi connectivity index (χ3v) is 3.76. The molecule has 0 saturated carbocycles. The predicted molar refractivity (Wildman–Crippen MR) is 90.7 cm³/mol. The fourth-order valence-corrected chi connectivity index (χ4v) is 2.57. The van der Waals surface area contributed by atoms with Gasteiger partial charge in [0.25, 0.3) is 0 Å². The van der Waals surface area contributed by atoms with Crippen LogP contribution in [0.2, 0.25) is 0 Å². The van der Waals surface area contributed by atoms with Crippen LogP contribution in [0.3, 0.4) is 0 Å². The maximum Gasteiger partial charge on any atom is 0.233 e. The molecule has 0 aliphatic carbocycles. The number of rotatable bonds is 6. The summed E-state index contributed by atoms with van der Waals surface area (Å²) >= 11 is 4.43. The first kappa shape index (κ1) is 15.6. The lowest BCUT2D eigenvalue weighted by molar-refractivity contribution is -0.121. The fourth-order valence-electron chi connectivity index (χ4n) is 2.29. The van der Waals surface area contributed by atoms with Crippen LogP contribution in [0, 0.1) is 0 Å². The average molecular weight is 299 g/mol. The first-order chi connectivity index (χ1) is 10.1. The normalized spacial score (nSPS) is 13.4. The molecule has 2 rings (SSSR count). The Morgan fingerprint density at radius 2 is 1.43 bits per heavy atom. The van der Waals surface area contributed by atoms with E-state index in [0.717, 1.165) is 12.0 Å². The molecule has 0 heterocycles. The van der Waals surface area contributed by atoms with Gasteiger partial charge in [0, 0.05) is 6.04 Å². The molecule has 0 aliphatic heterocycles. The van der Waals surface area contributed by atoms with E-state index in [0.29, 0.717) is 6.42 Å². The molecular weight excluding hydrogens is 278 g/mol. The van der Waals surface area contributed by atoms with Gasteiger partial charge in [-0.25, -0.2) is 0 Å². The Kier molecular flexibility index (Phi) is 5.88. The zero-order chi connectivity index (χ0) is 15.1. The zero-order valence-electron chi connectivity index (χ0n) is 12.2. The molecule has 0 aliphatic rings. The average Bonchev–Trinajstić information content (AvgIpc) is 2.49. The lowest BCUT2D eigenvalue weighted by atomic mass is 10.1. The minimum atomic E-state index is -0.314. The highest BCUT2D eigenvalue weighted by Gasteiger charge is 2.16. The van der Waals surface area contributed by atoms with Crippen LogP contribution in [0.25, 0.3) is 0 Å². The third kappa shape index (κ3) is 5.27. The van der Waals surface area contributed by atoms with E-state index in [1.54, 1.807) is 0 Å². The standard InChI is InChI=1S/C18H21NOS/c1-14(12-15-8-4-2-5-9-15)19-18(20)17(21)13-16-10-6-3-7-11-16/h2-11,14,17,21H,12-13H2,1H3,(H,19,20). The molecule has 0 bridgehead atoms. The van der Waals surface area contributed by atoms with Gasteiger partial charge in [-0.2, -0.15) is 12.6 Å². The molecule has 1 N–H and O–H groups in total. The van der Waals surface area contributed by atoms with Gasteiger partial charge < -0.3 is 5.32 Å². The first-order valence-corrected chi connectivity index (χ1v) is 7.73. The molecule has 2 nitrogen and oxygen atoms in total. The summed E-state index contributed by atoms with van der Waals surface area (Å²) < 4.78 is 0. The second-order valence-corrected chi connectivity index (χ2v) is 5.93. The number of amides is 1. The second-order valence-electron chi connectivity index (χ2n) is 5.30. The Balaban J connectivity index is 1.83. The molecule has 0 saturated heterocycles. The van der Waals surface area contributed by atoms with Crippen LogP contribution in [0.4, 0.5) is 0 Å². The summed E-state index contributed by atoms with van der Waals surface area (Å²) in [5.41, 5.74) is 2.35. The highest BCUT2D eigenvalue weighted by atomic mass is 32.1. The quantitative estimate of drug-likeness (QED) is 0.788. The van der Waals surface area contributed by atoms with Crippen LogP contribution in [0.5, 0.6) is 0 Å². The number of hydrogen-bond donors (Lipinski definition) is 2. The van der Waals surface area contributed by atoms with Crippen molar-refractivity contribution in [2.75, 3.05) is 0 Å². The zero-order valence-corrected chi connectivity index (χ0v) is 13.1. The number of benzene rings is 2. The molecule has 2 aromatic rings. The summed E-state index contributed by atoms with van der Waals surface area (Å²) in [4.78, 5) is 12.2. The molecule has 0 aromatic heterocycles. The van der Waals surface area contributed by atoms with Crippen LogP contribution in [-0.4, -0.2) is 17.2 Å². The number of nitrogens with one attached hydrogen (secondary N) is 1. The Bertz CT molecular complexity index is 556. The van der Waals surface area contributed by atoms with Crippen LogP contribution in [0.15, 0.2) is 60.7 Å². The SMILES string of the molecule is CC(Cc1ccccc1)NC(=O)C(S)Cc1ccccc1. The molecule has 0 fully saturated rings. The largest absolute Gasteiger partial charge is 0.352 e. The van der Waals surface area contributed by atoms with E-state index < -0.39 is 0 Å². The minimum absolute atomic E-state index is 0.00869. The van der Waals surface area contributed by atoms with Crippen molar-refractivity contribution in [1.29, 1.82) is 0 Å². The first-order valence-electron chi connectivity index (χ1n) is 7.21. The topological polar surface area (TPSA) is 29.1 Å². The molecular formula is C18H21NOS. The van der Waals surface area contributed by atoms with Crippen molar-refractivity contribution in [2.45, 2.75) is 31.1 Å². The van der Waals surface area contributed by atoms with Crippen LogP contribution in [-0.2, 0) is 17.6 Å². The molecule has 1 amide bonds. The Labute approximate surface area is 132 Å². The van der Waals surface area contributed by atoms with E-state index in [4.69, 9.17) is 0 Å². The van der Waals surface area contributed by atoms with Gasteiger partial charge in [0.15, 0.2) is 0 Å². The van der Waals surface area contributed by atoms with E-state index in [1.165, 1.54) is 5.56 Å². The smallest absolute Gasteiger partial charge is 0.233 e. The summed E-state index contributed by atoms with van der Waals surface area (Å²) in [5, 5.41) is 2.72. The third-order valence-electron chi connectivity index (χ3n) is 3.35. The Hall–Kier alpha value is -1.74. The maximum absolute atomic E-state index is 12.2. The van der Waals surface area contributed by atoms with Gasteiger partial charge in [-0.3, -0.25) is 4.79 Å². The van der Waals surface area contributed by atoms with Crippen LogP contribution < -0.4 is 5.32 Å². The van der Waals surface area contributed by atoms with Gasteiger partial charge in [-0.15, -0.1) is 0 Å². The van der Waals surface area contributed by atoms with Gasteiger partial charge in [0.1, 0.15) is 0 Å². The van der Waals surface area contributed by atoms with E-state index in [9.17, 15) is 4.79 Å². The van der Waals surface area contributed by atoms with Crippen LogP contribution in [0.1, 0.15) is 18.1 Å². The summed E-state index contributed by atoms with van der Waals surface area (Å²) in [5.74, 6) is -0.00869. The lowest BCUT2D eigenvalue weighted by Gasteiger charge is -2.17. The molecule has 0 spiro atoms. The fraction of sp³-hybridized carbons (Fsp3) is 0.278. The van der Waals surface area contributed by atoms with Crippen molar-refractivity contribution >= 4 is 18.5 Å². The van der Waals surface area contributed by atoms with Gasteiger partial charge in [0.2, 0.25) is 5.91 Å². The Morgan fingerprint density at radius 1 is 0.952 bits per heavy atom. The number of carbonyl (C=O) groups is 1. The molecule has 3 heteroatoms. The highest BCUT2D eigenvalue weighted by molar-refractivity contribution is 7.81. The van der Waals surface area contributed by atoms with Crippen molar-refractivity contribution in [3.8, 4) is 0 Å². The minimum Gasteiger partial charge on any atom is -0.352 e. The second kappa shape index (κ2) is 7.89. The molecule has 21 heavy (non-hydrogen) atoms. The summed E-state index contributed by atoms with van der Waals surface area (Å²) in [6, 6.07) is 20.2. The monoisotopic (exact) mass is 299 g/mol. The summed E-state index contributed by atoms with van der Waals surface area (Å²) in [7, 11) is 0. The molecule has 0 radical (unpaired) electrons. The van der Waals surface area contributed by atoms with Crippen LogP contribution >= 0.6 is 12.6 Å². The number of carbonyl (C=O) groups excluding carboxylic acids is 1. The molecule has 110 valence electrons. The van der Waals surface area contributed by atoms with Gasteiger partial charge in [-0.05, 0) is 30.9 Å². The summed E-state index contributed by atoms with van der Waals surface area (Å²) in [6.07, 6.45) is 1.48. The van der Waals surface area contributed by atoms with E-state index in [2.05, 4.69) is 30.1 Å². The van der Waals surface area contributed by atoms with E-state index in [-0.39, 0.29) is 17.2 Å². The lowest BCUT2D eigenvalue weighted by Crippen LogP contribution is -2.39. The van der Waals surface area contributed by atoms with Gasteiger partial charge in [0.05, 0.1) is 5.25 Å².